The molecule has 1 aliphatic carbocycles. The van der Waals surface area contributed by atoms with Gasteiger partial charge in [0.15, 0.2) is 5.89 Å². The highest BCUT2D eigenvalue weighted by Gasteiger charge is 2.26. The fraction of sp³-hybridized carbons (Fsp3) is 0.500. The van der Waals surface area contributed by atoms with Gasteiger partial charge in [0.1, 0.15) is 6.26 Å². The minimum atomic E-state index is 0.0276. The molecule has 26 heavy (non-hydrogen) atoms. The summed E-state index contributed by atoms with van der Waals surface area (Å²) in [5.74, 6) is 0.693. The molecule has 6 nitrogen and oxygen atoms in total. The Morgan fingerprint density at radius 1 is 1.35 bits per heavy atom. The van der Waals surface area contributed by atoms with Gasteiger partial charge in [-0.2, -0.15) is 0 Å². The molecule has 2 aromatic rings. The number of aromatic nitrogens is 1. The van der Waals surface area contributed by atoms with Crippen molar-refractivity contribution >= 4 is 11.6 Å². The van der Waals surface area contributed by atoms with E-state index in [4.69, 9.17) is 9.15 Å². The molecule has 138 valence electrons. The van der Waals surface area contributed by atoms with Gasteiger partial charge in [-0.1, -0.05) is 6.07 Å². The molecule has 0 saturated carbocycles. The fourth-order valence-corrected chi connectivity index (χ4v) is 3.85. The van der Waals surface area contributed by atoms with Crippen LogP contribution in [0, 0.1) is 6.92 Å². The lowest BCUT2D eigenvalue weighted by atomic mass is 10.1. The summed E-state index contributed by atoms with van der Waals surface area (Å²) in [4.78, 5) is 19.2. The molecule has 1 saturated heterocycles. The Hall–Kier alpha value is -2.18. The van der Waals surface area contributed by atoms with Crippen LogP contribution in [0.25, 0.3) is 0 Å². The van der Waals surface area contributed by atoms with Crippen molar-refractivity contribution in [3.8, 4) is 0 Å². The van der Waals surface area contributed by atoms with Crippen LogP contribution in [0.15, 0.2) is 28.9 Å². The van der Waals surface area contributed by atoms with Gasteiger partial charge in [0.25, 0.3) is 0 Å². The number of carbonyl (C=O) groups is 1. The summed E-state index contributed by atoms with van der Waals surface area (Å²) in [5.41, 5.74) is 4.57. The molecule has 0 radical (unpaired) electrons. The summed E-state index contributed by atoms with van der Waals surface area (Å²) >= 11 is 0. The molecule has 0 bridgehead atoms. The highest BCUT2D eigenvalue weighted by molar-refractivity contribution is 5.91. The summed E-state index contributed by atoms with van der Waals surface area (Å²) in [6.45, 7) is 4.55. The van der Waals surface area contributed by atoms with E-state index < -0.39 is 0 Å². The molecule has 1 N–H and O–H groups in total. The molecule has 1 aromatic carbocycles. The summed E-state index contributed by atoms with van der Waals surface area (Å²) in [6.07, 6.45) is 5.57. The Bertz CT molecular complexity index is 786. The van der Waals surface area contributed by atoms with Crippen LogP contribution in [-0.4, -0.2) is 41.6 Å². The molecule has 1 amide bonds. The second kappa shape index (κ2) is 7.60. The van der Waals surface area contributed by atoms with Crippen molar-refractivity contribution in [2.75, 3.05) is 25.1 Å². The van der Waals surface area contributed by atoms with Crippen molar-refractivity contribution in [1.82, 2.24) is 9.88 Å². The smallest absolute Gasteiger partial charge is 0.226 e. The second-order valence-electron chi connectivity index (χ2n) is 7.15. The third-order valence-electron chi connectivity index (χ3n) is 5.18. The van der Waals surface area contributed by atoms with Gasteiger partial charge in [-0.05, 0) is 42.5 Å². The molecular weight excluding hydrogens is 330 g/mol. The van der Waals surface area contributed by atoms with Gasteiger partial charge in [-0.3, -0.25) is 9.69 Å². The molecule has 2 heterocycles. The molecule has 0 unspecified atom stereocenters. The number of anilines is 1. The maximum absolute atomic E-state index is 12.6. The van der Waals surface area contributed by atoms with Gasteiger partial charge in [-0.25, -0.2) is 4.98 Å². The minimum Gasteiger partial charge on any atom is -0.449 e. The topological polar surface area (TPSA) is 67.6 Å². The van der Waals surface area contributed by atoms with Gasteiger partial charge in [0.05, 0.1) is 18.9 Å². The summed E-state index contributed by atoms with van der Waals surface area (Å²) in [6, 6.07) is 6.32. The van der Waals surface area contributed by atoms with Crippen LogP contribution < -0.4 is 5.32 Å². The van der Waals surface area contributed by atoms with Crippen LogP contribution in [0.3, 0.4) is 0 Å². The molecule has 1 aliphatic heterocycles. The third kappa shape index (κ3) is 3.97. The first-order valence-electron chi connectivity index (χ1n) is 9.32. The molecule has 0 spiro atoms. The van der Waals surface area contributed by atoms with Crippen molar-refractivity contribution < 1.29 is 13.9 Å². The Labute approximate surface area is 153 Å². The van der Waals surface area contributed by atoms with Crippen LogP contribution in [0.4, 0.5) is 5.69 Å². The largest absolute Gasteiger partial charge is 0.449 e. The number of benzene rings is 1. The number of hydrogen-bond donors (Lipinski definition) is 1. The maximum atomic E-state index is 12.6. The van der Waals surface area contributed by atoms with E-state index in [-0.39, 0.29) is 11.9 Å². The average Bonchev–Trinajstić information content (AvgIpc) is 3.25. The fourth-order valence-electron chi connectivity index (χ4n) is 3.85. The van der Waals surface area contributed by atoms with Crippen molar-refractivity contribution in [3.63, 3.8) is 0 Å². The van der Waals surface area contributed by atoms with Gasteiger partial charge >= 0.3 is 0 Å². The molecular formula is C20H25N3O3. The molecule has 1 atom stereocenters. The van der Waals surface area contributed by atoms with Crippen molar-refractivity contribution in [2.45, 2.75) is 45.2 Å². The predicted octanol–water partition coefficient (Wildman–Crippen LogP) is 2.70. The highest BCUT2D eigenvalue weighted by Crippen LogP contribution is 2.25. The van der Waals surface area contributed by atoms with Crippen LogP contribution in [0.2, 0.25) is 0 Å². The zero-order valence-electron chi connectivity index (χ0n) is 15.2. The Morgan fingerprint density at radius 2 is 2.23 bits per heavy atom. The zero-order chi connectivity index (χ0) is 17.9. The standard InChI is InChI=1S/C20H25N3O3/c1-14-21-18(12-26-14)11-23-7-8-25-13-19(23)10-20(24)22-17-6-5-15-3-2-4-16(15)9-17/h5-6,9,12,19H,2-4,7-8,10-11,13H2,1H3,(H,22,24)/t19-/m0/s1. The molecule has 2 aliphatic rings. The summed E-state index contributed by atoms with van der Waals surface area (Å²) in [5, 5.41) is 3.05. The van der Waals surface area contributed by atoms with Crippen LogP contribution in [-0.2, 0) is 28.9 Å². The van der Waals surface area contributed by atoms with Gasteiger partial charge in [-0.15, -0.1) is 0 Å². The Balaban J connectivity index is 1.37. The Morgan fingerprint density at radius 3 is 3.08 bits per heavy atom. The lowest BCUT2D eigenvalue weighted by Gasteiger charge is -2.34. The first-order chi connectivity index (χ1) is 12.7. The number of nitrogens with one attached hydrogen (secondary N) is 1. The Kier molecular flexibility index (Phi) is 5.04. The van der Waals surface area contributed by atoms with E-state index in [0.29, 0.717) is 32.1 Å². The van der Waals surface area contributed by atoms with E-state index in [1.165, 1.54) is 17.5 Å². The number of carbonyl (C=O) groups excluding carboxylic acids is 1. The van der Waals surface area contributed by atoms with Gasteiger partial charge < -0.3 is 14.5 Å². The van der Waals surface area contributed by atoms with Crippen molar-refractivity contribution in [3.05, 3.63) is 47.2 Å². The van der Waals surface area contributed by atoms with E-state index in [0.717, 1.165) is 30.8 Å². The van der Waals surface area contributed by atoms with E-state index in [2.05, 4.69) is 27.3 Å². The number of amides is 1. The molecule has 6 heteroatoms. The summed E-state index contributed by atoms with van der Waals surface area (Å²) in [7, 11) is 0. The first-order valence-corrected chi connectivity index (χ1v) is 9.32. The number of aryl methyl sites for hydroxylation is 3. The quantitative estimate of drug-likeness (QED) is 0.893. The van der Waals surface area contributed by atoms with Crippen LogP contribution in [0.1, 0.15) is 35.6 Å². The molecule has 4 rings (SSSR count). The van der Waals surface area contributed by atoms with E-state index in [1.807, 2.05) is 13.0 Å². The normalized spacial score (nSPS) is 20.1. The predicted molar refractivity (Wildman–Crippen MR) is 98.0 cm³/mol. The number of nitrogens with zero attached hydrogens (tertiary/aromatic N) is 2. The van der Waals surface area contributed by atoms with E-state index in [1.54, 1.807) is 6.26 Å². The van der Waals surface area contributed by atoms with Gasteiger partial charge in [0.2, 0.25) is 5.91 Å². The van der Waals surface area contributed by atoms with Gasteiger partial charge in [0, 0.05) is 38.2 Å². The SMILES string of the molecule is Cc1nc(CN2CCOC[C@@H]2CC(=O)Nc2ccc3c(c2)CCC3)co1. The number of morpholine rings is 1. The van der Waals surface area contributed by atoms with Crippen molar-refractivity contribution in [1.29, 1.82) is 0 Å². The van der Waals surface area contributed by atoms with E-state index >= 15 is 0 Å². The van der Waals surface area contributed by atoms with Crippen molar-refractivity contribution in [2.24, 2.45) is 0 Å². The minimum absolute atomic E-state index is 0.0276. The van der Waals surface area contributed by atoms with Crippen LogP contribution in [0.5, 0.6) is 0 Å². The number of rotatable bonds is 5. The monoisotopic (exact) mass is 355 g/mol. The number of oxazole rings is 1. The highest BCUT2D eigenvalue weighted by atomic mass is 16.5. The average molecular weight is 355 g/mol. The van der Waals surface area contributed by atoms with Crippen LogP contribution >= 0.6 is 0 Å². The molecule has 1 fully saturated rings. The number of fused-ring (bicyclic) bond motifs is 1. The zero-order valence-corrected chi connectivity index (χ0v) is 15.2. The van der Waals surface area contributed by atoms with E-state index in [9.17, 15) is 4.79 Å². The number of hydrogen-bond acceptors (Lipinski definition) is 5. The lowest BCUT2D eigenvalue weighted by molar-refractivity contribution is -0.119. The maximum Gasteiger partial charge on any atom is 0.226 e. The summed E-state index contributed by atoms with van der Waals surface area (Å²) < 4.78 is 10.9. The number of ether oxygens (including phenoxy) is 1. The lowest BCUT2D eigenvalue weighted by Crippen LogP contribution is -2.46. The third-order valence-corrected chi connectivity index (χ3v) is 5.18. The molecule has 1 aromatic heterocycles. The second-order valence-corrected chi connectivity index (χ2v) is 7.15. The first kappa shape index (κ1) is 17.2.